The van der Waals surface area contributed by atoms with E-state index in [4.69, 9.17) is 11.6 Å². The van der Waals surface area contributed by atoms with Crippen molar-refractivity contribution in [2.45, 2.75) is 19.4 Å². The third-order valence-corrected chi connectivity index (χ3v) is 4.11. The Morgan fingerprint density at radius 2 is 2.00 bits per heavy atom. The van der Waals surface area contributed by atoms with Crippen LogP contribution in [0, 0.1) is 10.5 Å². The van der Waals surface area contributed by atoms with Gasteiger partial charge in [-0.1, -0.05) is 23.7 Å². The molecule has 0 aliphatic rings. The summed E-state index contributed by atoms with van der Waals surface area (Å²) in [7, 11) is 1.80. The highest BCUT2D eigenvalue weighted by Gasteiger charge is 2.16. The van der Waals surface area contributed by atoms with Crippen molar-refractivity contribution in [3.63, 3.8) is 0 Å². The predicted molar refractivity (Wildman–Crippen MR) is 80.8 cm³/mol. The highest BCUT2D eigenvalue weighted by atomic mass is 127. The Balaban J connectivity index is 2.21. The van der Waals surface area contributed by atoms with Crippen LogP contribution in [0.1, 0.15) is 22.9 Å². The zero-order valence-corrected chi connectivity index (χ0v) is 13.1. The van der Waals surface area contributed by atoms with Crippen LogP contribution in [0.25, 0.3) is 0 Å². The topological polar surface area (TPSA) is 38.0 Å². The molecule has 0 fully saturated rings. The van der Waals surface area contributed by atoms with E-state index in [1.165, 1.54) is 0 Å². The molecule has 0 spiro atoms. The van der Waals surface area contributed by atoms with Gasteiger partial charge in [0.15, 0.2) is 0 Å². The summed E-state index contributed by atoms with van der Waals surface area (Å²) in [6.07, 6.45) is -0.0681. The van der Waals surface area contributed by atoms with Crippen molar-refractivity contribution in [2.24, 2.45) is 7.05 Å². The van der Waals surface area contributed by atoms with Crippen LogP contribution in [0.4, 0.5) is 0 Å². The lowest BCUT2D eigenvalue weighted by Gasteiger charge is -2.11. The minimum atomic E-state index is -0.553. The Morgan fingerprint density at radius 3 is 2.50 bits per heavy atom. The van der Waals surface area contributed by atoms with Crippen molar-refractivity contribution in [1.82, 2.24) is 9.78 Å². The standard InChI is InChI=1S/C13H14ClIN2O/c1-8-11(13(14)17(2)16-8)7-12(18)9-3-5-10(15)6-4-9/h3-6,12,18H,7H2,1-2H3. The molecule has 0 bridgehead atoms. The molecule has 0 amide bonds. The average molecular weight is 377 g/mol. The number of rotatable bonds is 3. The van der Waals surface area contributed by atoms with Gasteiger partial charge in [0.2, 0.25) is 0 Å². The molecule has 2 rings (SSSR count). The van der Waals surface area contributed by atoms with Gasteiger partial charge >= 0.3 is 0 Å². The highest BCUT2D eigenvalue weighted by Crippen LogP contribution is 2.25. The van der Waals surface area contributed by atoms with E-state index < -0.39 is 6.10 Å². The van der Waals surface area contributed by atoms with Crippen LogP contribution in [0.3, 0.4) is 0 Å². The maximum atomic E-state index is 10.2. The summed E-state index contributed by atoms with van der Waals surface area (Å²) in [5, 5.41) is 15.1. The van der Waals surface area contributed by atoms with E-state index >= 15 is 0 Å². The van der Waals surface area contributed by atoms with Crippen LogP contribution in [-0.4, -0.2) is 14.9 Å². The fraction of sp³-hybridized carbons (Fsp3) is 0.308. The Kier molecular flexibility index (Phi) is 4.29. The molecule has 18 heavy (non-hydrogen) atoms. The molecule has 1 heterocycles. The van der Waals surface area contributed by atoms with E-state index in [-0.39, 0.29) is 0 Å². The first-order valence-corrected chi connectivity index (χ1v) is 7.06. The molecule has 0 saturated carbocycles. The Bertz CT molecular complexity index is 551. The molecule has 1 aromatic carbocycles. The van der Waals surface area contributed by atoms with Crippen LogP contribution in [0.2, 0.25) is 5.15 Å². The van der Waals surface area contributed by atoms with E-state index in [9.17, 15) is 5.11 Å². The van der Waals surface area contributed by atoms with Crippen molar-refractivity contribution in [3.8, 4) is 0 Å². The Morgan fingerprint density at radius 1 is 1.39 bits per heavy atom. The van der Waals surface area contributed by atoms with Gasteiger partial charge in [-0.05, 0) is 47.2 Å². The minimum Gasteiger partial charge on any atom is -0.388 e. The fourth-order valence-electron chi connectivity index (χ4n) is 1.90. The quantitative estimate of drug-likeness (QED) is 0.835. The molecule has 96 valence electrons. The minimum absolute atomic E-state index is 0.485. The van der Waals surface area contributed by atoms with Gasteiger partial charge in [-0.2, -0.15) is 5.10 Å². The molecular weight excluding hydrogens is 363 g/mol. The van der Waals surface area contributed by atoms with E-state index in [1.807, 2.05) is 31.2 Å². The monoisotopic (exact) mass is 376 g/mol. The maximum Gasteiger partial charge on any atom is 0.130 e. The third kappa shape index (κ3) is 2.87. The third-order valence-electron chi connectivity index (χ3n) is 2.92. The SMILES string of the molecule is Cc1nn(C)c(Cl)c1CC(O)c1ccc(I)cc1. The molecule has 0 radical (unpaired) electrons. The van der Waals surface area contributed by atoms with Gasteiger partial charge in [-0.3, -0.25) is 4.68 Å². The van der Waals surface area contributed by atoms with Gasteiger partial charge in [-0.15, -0.1) is 0 Å². The van der Waals surface area contributed by atoms with Gasteiger partial charge < -0.3 is 5.11 Å². The number of aliphatic hydroxyl groups is 1. The summed E-state index contributed by atoms with van der Waals surface area (Å²) >= 11 is 8.40. The molecule has 0 aliphatic carbocycles. The summed E-state index contributed by atoms with van der Waals surface area (Å²) < 4.78 is 2.78. The van der Waals surface area contributed by atoms with Gasteiger partial charge in [-0.25, -0.2) is 0 Å². The second-order valence-corrected chi connectivity index (χ2v) is 5.85. The zero-order valence-electron chi connectivity index (χ0n) is 10.2. The van der Waals surface area contributed by atoms with Crippen molar-refractivity contribution in [3.05, 3.63) is 49.8 Å². The van der Waals surface area contributed by atoms with Crippen LogP contribution in [0.5, 0.6) is 0 Å². The first-order valence-electron chi connectivity index (χ1n) is 5.60. The van der Waals surface area contributed by atoms with Crippen LogP contribution >= 0.6 is 34.2 Å². The zero-order chi connectivity index (χ0) is 13.3. The molecule has 3 nitrogen and oxygen atoms in total. The first kappa shape index (κ1) is 13.8. The van der Waals surface area contributed by atoms with Crippen molar-refractivity contribution >= 4 is 34.2 Å². The number of aryl methyl sites for hydroxylation is 2. The molecule has 1 unspecified atom stereocenters. The van der Waals surface area contributed by atoms with Gasteiger partial charge in [0.1, 0.15) is 5.15 Å². The summed E-state index contributed by atoms with van der Waals surface area (Å²) in [4.78, 5) is 0. The van der Waals surface area contributed by atoms with E-state index in [0.29, 0.717) is 11.6 Å². The molecule has 5 heteroatoms. The van der Waals surface area contributed by atoms with Crippen molar-refractivity contribution < 1.29 is 5.11 Å². The summed E-state index contributed by atoms with van der Waals surface area (Å²) in [6, 6.07) is 7.84. The van der Waals surface area contributed by atoms with Gasteiger partial charge in [0.05, 0.1) is 11.8 Å². The number of aliphatic hydroxyl groups excluding tert-OH is 1. The molecular formula is C13H14ClIN2O. The smallest absolute Gasteiger partial charge is 0.130 e. The highest BCUT2D eigenvalue weighted by molar-refractivity contribution is 14.1. The second-order valence-electron chi connectivity index (χ2n) is 4.25. The number of halogens is 2. The lowest BCUT2D eigenvalue weighted by Crippen LogP contribution is -2.02. The predicted octanol–water partition coefficient (Wildman–Crippen LogP) is 3.26. The largest absolute Gasteiger partial charge is 0.388 e. The second kappa shape index (κ2) is 5.59. The maximum absolute atomic E-state index is 10.2. The van der Waals surface area contributed by atoms with Gasteiger partial charge in [0.25, 0.3) is 0 Å². The number of nitrogens with zero attached hydrogens (tertiary/aromatic N) is 2. The van der Waals surface area contributed by atoms with Crippen LogP contribution in [0.15, 0.2) is 24.3 Å². The number of hydrogen-bond acceptors (Lipinski definition) is 2. The van der Waals surface area contributed by atoms with E-state index in [1.54, 1.807) is 11.7 Å². The number of benzene rings is 1. The first-order chi connectivity index (χ1) is 8.49. The van der Waals surface area contributed by atoms with Crippen molar-refractivity contribution in [1.29, 1.82) is 0 Å². The number of aromatic nitrogens is 2. The van der Waals surface area contributed by atoms with Crippen LogP contribution < -0.4 is 0 Å². The summed E-state index contributed by atoms with van der Waals surface area (Å²) in [6.45, 7) is 1.90. The van der Waals surface area contributed by atoms with E-state index in [0.717, 1.165) is 20.4 Å². The Labute approximate surface area is 125 Å². The molecule has 1 N–H and O–H groups in total. The number of hydrogen-bond donors (Lipinski definition) is 1. The fourth-order valence-corrected chi connectivity index (χ4v) is 2.51. The average Bonchev–Trinajstić information content (AvgIpc) is 2.57. The molecule has 2 aromatic rings. The molecule has 1 aromatic heterocycles. The summed E-state index contributed by atoms with van der Waals surface area (Å²) in [5.41, 5.74) is 2.67. The lowest BCUT2D eigenvalue weighted by molar-refractivity contribution is 0.178. The Hall–Kier alpha value is -0.590. The van der Waals surface area contributed by atoms with Crippen LogP contribution in [-0.2, 0) is 13.5 Å². The molecule has 0 aliphatic heterocycles. The normalized spacial score (nSPS) is 12.7. The molecule has 1 atom stereocenters. The van der Waals surface area contributed by atoms with Crippen molar-refractivity contribution in [2.75, 3.05) is 0 Å². The van der Waals surface area contributed by atoms with Gasteiger partial charge in [0, 0.05) is 22.6 Å². The lowest BCUT2D eigenvalue weighted by atomic mass is 10.0. The molecule has 0 saturated heterocycles. The van der Waals surface area contributed by atoms with E-state index in [2.05, 4.69) is 27.7 Å². The summed E-state index contributed by atoms with van der Waals surface area (Å²) in [5.74, 6) is 0.